The highest BCUT2D eigenvalue weighted by atomic mass is 32.1. The molecule has 4 heteroatoms. The quantitative estimate of drug-likeness (QED) is 0.672. The lowest BCUT2D eigenvalue weighted by Crippen LogP contribution is -2.39. The summed E-state index contributed by atoms with van der Waals surface area (Å²) in [6.45, 7) is 4.71. The average Bonchev–Trinajstić information content (AvgIpc) is 2.44. The molecule has 0 atom stereocenters. The maximum atomic E-state index is 11.9. The normalized spacial score (nSPS) is 11.4. The number of thiol groups is 1. The molecule has 106 valence electrons. The molecule has 19 heavy (non-hydrogen) atoms. The van der Waals surface area contributed by atoms with Crippen molar-refractivity contribution in [3.05, 3.63) is 29.8 Å². The number of hydrogen-bond acceptors (Lipinski definition) is 3. The third kappa shape index (κ3) is 4.88. The molecule has 0 saturated heterocycles. The molecule has 1 aromatic carbocycles. The van der Waals surface area contributed by atoms with Gasteiger partial charge in [-0.3, -0.25) is 4.79 Å². The fourth-order valence-corrected chi connectivity index (χ4v) is 2.08. The molecule has 2 N–H and O–H groups in total. The summed E-state index contributed by atoms with van der Waals surface area (Å²) in [6, 6.07) is 7.56. The first-order valence-corrected chi connectivity index (χ1v) is 7.15. The van der Waals surface area contributed by atoms with E-state index in [1.807, 2.05) is 38.1 Å². The molecule has 0 fully saturated rings. The molecule has 0 unspecified atom stereocenters. The van der Waals surface area contributed by atoms with E-state index >= 15 is 0 Å². The van der Waals surface area contributed by atoms with Gasteiger partial charge in [-0.25, -0.2) is 0 Å². The highest BCUT2D eigenvalue weighted by Gasteiger charge is 2.25. The summed E-state index contributed by atoms with van der Waals surface area (Å²) >= 11 is 4.21. The maximum Gasteiger partial charge on any atom is 0.224 e. The lowest BCUT2D eigenvalue weighted by atomic mass is 9.83. The van der Waals surface area contributed by atoms with Gasteiger partial charge in [-0.2, -0.15) is 0 Å². The number of amides is 1. The Balaban J connectivity index is 2.49. The number of carbonyl (C=O) groups excluding carboxylic acids is 1. The molecule has 1 rings (SSSR count). The van der Waals surface area contributed by atoms with Gasteiger partial charge in [0.05, 0.1) is 13.0 Å². The van der Waals surface area contributed by atoms with E-state index in [0.29, 0.717) is 13.0 Å². The van der Waals surface area contributed by atoms with Crippen molar-refractivity contribution in [3.63, 3.8) is 0 Å². The highest BCUT2D eigenvalue weighted by molar-refractivity contribution is 7.80. The molecular formula is C15H23NO2S. The van der Waals surface area contributed by atoms with Crippen LogP contribution < -0.4 is 5.32 Å². The van der Waals surface area contributed by atoms with Crippen LogP contribution in [0.2, 0.25) is 0 Å². The summed E-state index contributed by atoms with van der Waals surface area (Å²) < 4.78 is 0. The van der Waals surface area contributed by atoms with Crippen LogP contribution in [0.15, 0.2) is 29.2 Å². The van der Waals surface area contributed by atoms with E-state index in [4.69, 9.17) is 0 Å². The van der Waals surface area contributed by atoms with Gasteiger partial charge in [0.15, 0.2) is 0 Å². The molecule has 0 aromatic heterocycles. The van der Waals surface area contributed by atoms with Crippen LogP contribution >= 0.6 is 12.6 Å². The summed E-state index contributed by atoms with van der Waals surface area (Å²) in [4.78, 5) is 12.8. The Hall–Kier alpha value is -1.00. The van der Waals surface area contributed by atoms with Crippen LogP contribution in [0.4, 0.5) is 0 Å². The Morgan fingerprint density at radius 3 is 2.32 bits per heavy atom. The van der Waals surface area contributed by atoms with Crippen molar-refractivity contribution in [1.29, 1.82) is 0 Å². The monoisotopic (exact) mass is 281 g/mol. The molecule has 0 aliphatic heterocycles. The van der Waals surface area contributed by atoms with Crippen LogP contribution in [0.5, 0.6) is 0 Å². The molecule has 0 radical (unpaired) electrons. The van der Waals surface area contributed by atoms with E-state index in [9.17, 15) is 9.90 Å². The van der Waals surface area contributed by atoms with Crippen LogP contribution in [0.25, 0.3) is 0 Å². The van der Waals surface area contributed by atoms with Crippen molar-refractivity contribution < 1.29 is 9.90 Å². The summed E-state index contributed by atoms with van der Waals surface area (Å²) in [7, 11) is 0. The number of aliphatic hydroxyl groups excluding tert-OH is 1. The Morgan fingerprint density at radius 2 is 1.84 bits per heavy atom. The smallest absolute Gasteiger partial charge is 0.224 e. The number of nitrogens with one attached hydrogen (secondary N) is 1. The van der Waals surface area contributed by atoms with Crippen LogP contribution in [0.1, 0.15) is 32.3 Å². The van der Waals surface area contributed by atoms with Crippen molar-refractivity contribution in [3.8, 4) is 0 Å². The Bertz CT molecular complexity index is 391. The van der Waals surface area contributed by atoms with Crippen molar-refractivity contribution in [2.45, 2.75) is 38.0 Å². The molecule has 3 nitrogen and oxygen atoms in total. The number of carbonyl (C=O) groups is 1. The van der Waals surface area contributed by atoms with Crippen molar-refractivity contribution in [1.82, 2.24) is 5.32 Å². The molecule has 0 bridgehead atoms. The van der Waals surface area contributed by atoms with Crippen molar-refractivity contribution >= 4 is 18.5 Å². The van der Waals surface area contributed by atoms with Gasteiger partial charge in [0.1, 0.15) is 0 Å². The number of rotatable bonds is 7. The van der Waals surface area contributed by atoms with E-state index in [1.54, 1.807) is 0 Å². The second kappa shape index (κ2) is 7.56. The number of hydrogen-bond donors (Lipinski definition) is 3. The van der Waals surface area contributed by atoms with E-state index in [-0.39, 0.29) is 17.9 Å². The molecule has 0 aliphatic rings. The van der Waals surface area contributed by atoms with Gasteiger partial charge in [-0.1, -0.05) is 26.0 Å². The molecule has 1 aromatic rings. The third-order valence-corrected chi connectivity index (χ3v) is 4.10. The minimum absolute atomic E-state index is 0.00774. The first kappa shape index (κ1) is 16.1. The van der Waals surface area contributed by atoms with Gasteiger partial charge < -0.3 is 10.4 Å². The van der Waals surface area contributed by atoms with Crippen LogP contribution in [0.3, 0.4) is 0 Å². The predicted molar refractivity (Wildman–Crippen MR) is 80.5 cm³/mol. The maximum absolute atomic E-state index is 11.9. The first-order valence-electron chi connectivity index (χ1n) is 6.70. The van der Waals surface area contributed by atoms with E-state index in [2.05, 4.69) is 17.9 Å². The highest BCUT2D eigenvalue weighted by Crippen LogP contribution is 2.24. The summed E-state index contributed by atoms with van der Waals surface area (Å²) in [6.07, 6.45) is 2.08. The minimum atomic E-state index is -0.190. The molecular weight excluding hydrogens is 258 g/mol. The fourth-order valence-electron chi connectivity index (χ4n) is 1.93. The third-order valence-electron chi connectivity index (χ3n) is 3.80. The van der Waals surface area contributed by atoms with Gasteiger partial charge in [-0.15, -0.1) is 12.6 Å². The average molecular weight is 281 g/mol. The zero-order valence-corrected chi connectivity index (χ0v) is 12.5. The van der Waals surface area contributed by atoms with Gasteiger partial charge >= 0.3 is 0 Å². The van der Waals surface area contributed by atoms with E-state index in [1.165, 1.54) is 0 Å². The van der Waals surface area contributed by atoms with Gasteiger partial charge in [0, 0.05) is 16.9 Å². The molecule has 1 amide bonds. The Kier molecular flexibility index (Phi) is 6.38. The molecule has 0 aliphatic carbocycles. The first-order chi connectivity index (χ1) is 9.05. The molecule has 0 spiro atoms. The van der Waals surface area contributed by atoms with Crippen LogP contribution in [-0.4, -0.2) is 24.2 Å². The number of benzene rings is 1. The van der Waals surface area contributed by atoms with Gasteiger partial charge in [0.2, 0.25) is 5.91 Å². The topological polar surface area (TPSA) is 49.3 Å². The van der Waals surface area contributed by atoms with Crippen molar-refractivity contribution in [2.75, 3.05) is 13.2 Å². The SMILES string of the molecule is CCC(CC)(CO)CNC(=O)Cc1ccc(S)cc1. The standard InChI is InChI=1S/C15H23NO2S/c1-3-15(4-2,11-17)10-16-14(18)9-12-5-7-13(19)8-6-12/h5-8,17,19H,3-4,9-11H2,1-2H3,(H,16,18). The van der Waals surface area contributed by atoms with E-state index in [0.717, 1.165) is 23.3 Å². The Morgan fingerprint density at radius 1 is 1.26 bits per heavy atom. The minimum Gasteiger partial charge on any atom is -0.396 e. The predicted octanol–water partition coefficient (Wildman–Crippen LogP) is 2.43. The number of aliphatic hydroxyl groups is 1. The van der Waals surface area contributed by atoms with Crippen LogP contribution in [0, 0.1) is 5.41 Å². The zero-order chi connectivity index (χ0) is 14.3. The van der Waals surface area contributed by atoms with E-state index < -0.39 is 0 Å². The molecule has 0 heterocycles. The lowest BCUT2D eigenvalue weighted by molar-refractivity contribution is -0.121. The summed E-state index contributed by atoms with van der Waals surface area (Å²) in [5, 5.41) is 12.4. The Labute approximate surface area is 120 Å². The van der Waals surface area contributed by atoms with Crippen LogP contribution in [-0.2, 0) is 11.2 Å². The van der Waals surface area contributed by atoms with Gasteiger partial charge in [-0.05, 0) is 30.5 Å². The van der Waals surface area contributed by atoms with Crippen molar-refractivity contribution in [2.24, 2.45) is 5.41 Å². The summed E-state index contributed by atoms with van der Waals surface area (Å²) in [5.74, 6) is -0.00774. The lowest BCUT2D eigenvalue weighted by Gasteiger charge is -2.29. The summed E-state index contributed by atoms with van der Waals surface area (Å²) in [5.41, 5.74) is 0.780. The fraction of sp³-hybridized carbons (Fsp3) is 0.533. The zero-order valence-electron chi connectivity index (χ0n) is 11.6. The largest absolute Gasteiger partial charge is 0.396 e. The second-order valence-corrected chi connectivity index (χ2v) is 5.50. The molecule has 0 saturated carbocycles. The van der Waals surface area contributed by atoms with Gasteiger partial charge in [0.25, 0.3) is 0 Å². The second-order valence-electron chi connectivity index (χ2n) is 4.99.